The molecule has 17 heavy (non-hydrogen) atoms. The molecule has 1 fully saturated rings. The molecular weight excluding hydrogens is 226 g/mol. The summed E-state index contributed by atoms with van der Waals surface area (Å²) in [7, 11) is 0. The smallest absolute Gasteiger partial charge is 0.00954 e. The van der Waals surface area contributed by atoms with Crippen LogP contribution in [0.15, 0.2) is 0 Å². The summed E-state index contributed by atoms with van der Waals surface area (Å²) in [6.45, 7) is 8.01. The molecule has 3 atom stereocenters. The molecule has 1 rings (SSSR count). The van der Waals surface area contributed by atoms with Crippen LogP contribution in [0.5, 0.6) is 0 Å². The zero-order chi connectivity index (χ0) is 12.5. The lowest BCUT2D eigenvalue weighted by Gasteiger charge is -2.36. The maximum Gasteiger partial charge on any atom is 0.00954 e. The summed E-state index contributed by atoms with van der Waals surface area (Å²) in [5, 5.41) is 3.71. The highest BCUT2D eigenvalue weighted by molar-refractivity contribution is 7.99. The highest BCUT2D eigenvalue weighted by Crippen LogP contribution is 2.34. The summed E-state index contributed by atoms with van der Waals surface area (Å²) >= 11 is 2.10. The van der Waals surface area contributed by atoms with Crippen molar-refractivity contribution in [3.8, 4) is 0 Å². The Labute approximate surface area is 113 Å². The molecular formula is C15H31NS. The minimum Gasteiger partial charge on any atom is -0.314 e. The fraction of sp³-hybridized carbons (Fsp3) is 1.00. The van der Waals surface area contributed by atoms with E-state index in [1.807, 2.05) is 0 Å². The largest absolute Gasteiger partial charge is 0.314 e. The molecule has 1 aliphatic rings. The maximum atomic E-state index is 3.71. The number of rotatable bonds is 8. The second-order valence-electron chi connectivity index (χ2n) is 5.35. The van der Waals surface area contributed by atoms with E-state index in [-0.39, 0.29) is 0 Å². The van der Waals surface area contributed by atoms with Crippen LogP contribution >= 0.6 is 11.8 Å². The van der Waals surface area contributed by atoms with E-state index in [1.54, 1.807) is 0 Å². The van der Waals surface area contributed by atoms with E-state index in [2.05, 4.69) is 37.8 Å². The maximum absolute atomic E-state index is 3.71. The lowest BCUT2D eigenvalue weighted by atomic mass is 9.75. The molecule has 3 unspecified atom stereocenters. The van der Waals surface area contributed by atoms with Gasteiger partial charge in [0.1, 0.15) is 0 Å². The lowest BCUT2D eigenvalue weighted by molar-refractivity contribution is 0.191. The Morgan fingerprint density at radius 2 is 2.00 bits per heavy atom. The minimum atomic E-state index is 0.814. The van der Waals surface area contributed by atoms with Crippen LogP contribution in [0.4, 0.5) is 0 Å². The van der Waals surface area contributed by atoms with Crippen LogP contribution in [0.25, 0.3) is 0 Å². The van der Waals surface area contributed by atoms with Crippen molar-refractivity contribution in [2.45, 2.75) is 65.3 Å². The average molecular weight is 257 g/mol. The summed E-state index contributed by atoms with van der Waals surface area (Å²) in [6.07, 6.45) is 8.60. The fourth-order valence-electron chi connectivity index (χ4n) is 3.17. The molecule has 1 saturated carbocycles. The number of thioether (sulfide) groups is 1. The molecule has 2 heteroatoms. The third-order valence-corrected chi connectivity index (χ3v) is 5.19. The van der Waals surface area contributed by atoms with Crippen LogP contribution in [-0.2, 0) is 0 Å². The van der Waals surface area contributed by atoms with E-state index in [4.69, 9.17) is 0 Å². The standard InChI is InChI=1S/C15H31NS/c1-4-13-9-10-15(16-5-2)14(12-13)8-7-11-17-6-3/h13-16H,4-12H2,1-3H3. The van der Waals surface area contributed by atoms with Crippen molar-refractivity contribution < 1.29 is 0 Å². The van der Waals surface area contributed by atoms with Gasteiger partial charge in [-0.3, -0.25) is 0 Å². The van der Waals surface area contributed by atoms with E-state index in [1.165, 1.54) is 50.0 Å². The quantitative estimate of drug-likeness (QED) is 0.650. The van der Waals surface area contributed by atoms with Crippen LogP contribution in [0.2, 0.25) is 0 Å². The number of hydrogen-bond donors (Lipinski definition) is 1. The molecule has 0 saturated heterocycles. The Kier molecular flexibility index (Phi) is 8.38. The first-order chi connectivity index (χ1) is 8.31. The van der Waals surface area contributed by atoms with Crippen molar-refractivity contribution in [1.29, 1.82) is 0 Å². The lowest BCUT2D eigenvalue weighted by Crippen LogP contribution is -2.40. The number of nitrogens with one attached hydrogen (secondary N) is 1. The molecule has 0 aromatic heterocycles. The molecule has 0 aromatic carbocycles. The van der Waals surface area contributed by atoms with E-state index in [0.717, 1.165) is 24.4 Å². The van der Waals surface area contributed by atoms with Crippen molar-refractivity contribution in [2.24, 2.45) is 11.8 Å². The van der Waals surface area contributed by atoms with Crippen molar-refractivity contribution in [3.63, 3.8) is 0 Å². The summed E-state index contributed by atoms with van der Waals surface area (Å²) in [4.78, 5) is 0. The molecule has 0 radical (unpaired) electrons. The normalized spacial score (nSPS) is 29.5. The average Bonchev–Trinajstić information content (AvgIpc) is 2.36. The Morgan fingerprint density at radius 3 is 2.65 bits per heavy atom. The van der Waals surface area contributed by atoms with Crippen LogP contribution < -0.4 is 5.32 Å². The molecule has 0 spiro atoms. The van der Waals surface area contributed by atoms with Crippen molar-refractivity contribution in [2.75, 3.05) is 18.1 Å². The highest BCUT2D eigenvalue weighted by Gasteiger charge is 2.28. The summed E-state index contributed by atoms with van der Waals surface area (Å²) < 4.78 is 0. The third-order valence-electron chi connectivity index (χ3n) is 4.20. The first-order valence-electron chi connectivity index (χ1n) is 7.62. The van der Waals surface area contributed by atoms with E-state index in [0.29, 0.717) is 0 Å². The molecule has 0 aromatic rings. The van der Waals surface area contributed by atoms with Crippen molar-refractivity contribution in [1.82, 2.24) is 5.32 Å². The van der Waals surface area contributed by atoms with E-state index < -0.39 is 0 Å². The second-order valence-corrected chi connectivity index (χ2v) is 6.74. The SMILES string of the molecule is CCNC1CCC(CC)CC1CCCSCC. The summed E-state index contributed by atoms with van der Waals surface area (Å²) in [5.74, 6) is 4.60. The first kappa shape index (κ1) is 15.4. The fourth-order valence-corrected chi connectivity index (χ4v) is 3.83. The van der Waals surface area contributed by atoms with Gasteiger partial charge in [0.2, 0.25) is 0 Å². The van der Waals surface area contributed by atoms with Gasteiger partial charge in [-0.15, -0.1) is 0 Å². The van der Waals surface area contributed by atoms with Crippen LogP contribution in [0.1, 0.15) is 59.3 Å². The Hall–Kier alpha value is 0.310. The molecule has 0 aliphatic heterocycles. The topological polar surface area (TPSA) is 12.0 Å². The van der Waals surface area contributed by atoms with Gasteiger partial charge in [-0.2, -0.15) is 11.8 Å². The van der Waals surface area contributed by atoms with Gasteiger partial charge in [0.25, 0.3) is 0 Å². The van der Waals surface area contributed by atoms with Gasteiger partial charge in [-0.1, -0.05) is 27.2 Å². The van der Waals surface area contributed by atoms with Crippen molar-refractivity contribution >= 4 is 11.8 Å². The third kappa shape index (κ3) is 5.65. The Morgan fingerprint density at radius 1 is 1.18 bits per heavy atom. The molecule has 1 aliphatic carbocycles. The van der Waals surface area contributed by atoms with Gasteiger partial charge < -0.3 is 5.32 Å². The molecule has 0 bridgehead atoms. The Bertz CT molecular complexity index is 184. The summed E-state index contributed by atoms with van der Waals surface area (Å²) in [5.41, 5.74) is 0. The first-order valence-corrected chi connectivity index (χ1v) is 8.78. The zero-order valence-electron chi connectivity index (χ0n) is 12.0. The van der Waals surface area contributed by atoms with Gasteiger partial charge in [-0.05, 0) is 62.0 Å². The zero-order valence-corrected chi connectivity index (χ0v) is 12.8. The van der Waals surface area contributed by atoms with Gasteiger partial charge in [0, 0.05) is 6.04 Å². The van der Waals surface area contributed by atoms with Crippen LogP contribution in [-0.4, -0.2) is 24.1 Å². The van der Waals surface area contributed by atoms with Crippen LogP contribution in [0, 0.1) is 11.8 Å². The molecule has 1 N–H and O–H groups in total. The van der Waals surface area contributed by atoms with Gasteiger partial charge >= 0.3 is 0 Å². The highest BCUT2D eigenvalue weighted by atomic mass is 32.2. The van der Waals surface area contributed by atoms with Gasteiger partial charge in [-0.25, -0.2) is 0 Å². The van der Waals surface area contributed by atoms with Crippen LogP contribution in [0.3, 0.4) is 0 Å². The minimum absolute atomic E-state index is 0.814. The second kappa shape index (κ2) is 9.27. The van der Waals surface area contributed by atoms with Crippen molar-refractivity contribution in [3.05, 3.63) is 0 Å². The predicted molar refractivity (Wildman–Crippen MR) is 80.8 cm³/mol. The van der Waals surface area contributed by atoms with Gasteiger partial charge in [0.15, 0.2) is 0 Å². The predicted octanol–water partition coefficient (Wildman–Crippen LogP) is 4.32. The molecule has 0 amide bonds. The molecule has 102 valence electrons. The Balaban J connectivity index is 2.32. The van der Waals surface area contributed by atoms with E-state index >= 15 is 0 Å². The van der Waals surface area contributed by atoms with Gasteiger partial charge in [0.05, 0.1) is 0 Å². The van der Waals surface area contributed by atoms with E-state index in [9.17, 15) is 0 Å². The summed E-state index contributed by atoms with van der Waals surface area (Å²) in [6, 6.07) is 0.814. The number of hydrogen-bond acceptors (Lipinski definition) is 2. The molecule has 0 heterocycles. The monoisotopic (exact) mass is 257 g/mol. The molecule has 1 nitrogen and oxygen atoms in total.